The first kappa shape index (κ1) is 9.44. The molecule has 0 aliphatic carbocycles. The second-order valence-electron chi connectivity index (χ2n) is 2.54. The Morgan fingerprint density at radius 3 is 2.69 bits per heavy atom. The average molecular weight is 181 g/mol. The molecule has 0 atom stereocenters. The summed E-state index contributed by atoms with van der Waals surface area (Å²) in [6.45, 7) is 3.83. The molecule has 1 aromatic heterocycles. The maximum Gasteiger partial charge on any atom is 0.264 e. The Hall–Kier alpha value is -1.65. The number of anilines is 1. The Bertz CT molecular complexity index is 338. The molecule has 1 heterocycles. The lowest BCUT2D eigenvalue weighted by Gasteiger charge is -2.16. The van der Waals surface area contributed by atoms with Crippen molar-refractivity contribution in [3.8, 4) is 0 Å². The Kier molecular flexibility index (Phi) is 2.79. The molecule has 0 fully saturated rings. The van der Waals surface area contributed by atoms with Gasteiger partial charge in [0, 0.05) is 19.5 Å². The quantitative estimate of drug-likeness (QED) is 0.705. The van der Waals surface area contributed by atoms with E-state index in [-0.39, 0.29) is 11.5 Å². The molecule has 1 amide bonds. The van der Waals surface area contributed by atoms with Crippen LogP contribution in [0.1, 0.15) is 13.8 Å². The predicted molar refractivity (Wildman–Crippen MR) is 48.6 cm³/mol. The van der Waals surface area contributed by atoms with Gasteiger partial charge < -0.3 is 0 Å². The lowest BCUT2D eigenvalue weighted by atomic mass is 10.4. The fourth-order valence-corrected chi connectivity index (χ4v) is 1.03. The molecule has 0 saturated heterocycles. The van der Waals surface area contributed by atoms with E-state index >= 15 is 0 Å². The molecule has 5 heteroatoms. The van der Waals surface area contributed by atoms with Crippen molar-refractivity contribution < 1.29 is 4.79 Å². The molecular weight excluding hydrogens is 170 g/mol. The molecule has 0 aliphatic rings. The van der Waals surface area contributed by atoms with Gasteiger partial charge >= 0.3 is 0 Å². The number of H-pyrrole nitrogens is 1. The van der Waals surface area contributed by atoms with Gasteiger partial charge in [-0.2, -0.15) is 5.10 Å². The Morgan fingerprint density at radius 2 is 2.31 bits per heavy atom. The first-order valence-electron chi connectivity index (χ1n) is 3.99. The fourth-order valence-electron chi connectivity index (χ4n) is 1.03. The van der Waals surface area contributed by atoms with E-state index in [4.69, 9.17) is 0 Å². The lowest BCUT2D eigenvalue weighted by molar-refractivity contribution is -0.116. The smallest absolute Gasteiger partial charge is 0.264 e. The molecule has 0 aliphatic heterocycles. The topological polar surface area (TPSA) is 66.1 Å². The van der Waals surface area contributed by atoms with Gasteiger partial charge in [-0.3, -0.25) is 14.5 Å². The average Bonchev–Trinajstić information content (AvgIpc) is 2.09. The van der Waals surface area contributed by atoms with Crippen molar-refractivity contribution in [1.82, 2.24) is 10.2 Å². The highest BCUT2D eigenvalue weighted by Crippen LogP contribution is 2.05. The zero-order chi connectivity index (χ0) is 9.84. The molecule has 0 radical (unpaired) electrons. The van der Waals surface area contributed by atoms with Crippen LogP contribution >= 0.6 is 0 Å². The number of carbonyl (C=O) groups is 1. The predicted octanol–water partition coefficient (Wildman–Crippen LogP) is 0.143. The van der Waals surface area contributed by atoms with Crippen molar-refractivity contribution in [2.75, 3.05) is 11.4 Å². The molecule has 5 nitrogen and oxygen atoms in total. The molecule has 0 aromatic carbocycles. The summed E-state index contributed by atoms with van der Waals surface area (Å²) < 4.78 is 0. The van der Waals surface area contributed by atoms with Crippen molar-refractivity contribution in [2.45, 2.75) is 13.8 Å². The summed E-state index contributed by atoms with van der Waals surface area (Å²) in [5.41, 5.74) is -0.275. The summed E-state index contributed by atoms with van der Waals surface area (Å²) in [7, 11) is 0. The zero-order valence-corrected chi connectivity index (χ0v) is 7.57. The van der Waals surface area contributed by atoms with Crippen LogP contribution in [-0.4, -0.2) is 22.6 Å². The molecule has 0 saturated carbocycles. The highest BCUT2D eigenvalue weighted by molar-refractivity contribution is 5.90. The summed E-state index contributed by atoms with van der Waals surface area (Å²) >= 11 is 0. The minimum absolute atomic E-state index is 0.0953. The van der Waals surface area contributed by atoms with Gasteiger partial charge in [-0.15, -0.1) is 0 Å². The standard InChI is InChI=1S/C8H11N3O2/c1-3-11(6(2)12)7-4-5-8(13)10-9-7/h4-5H,3H2,1-2H3,(H,10,13). The number of rotatable bonds is 2. The number of hydrogen-bond donors (Lipinski definition) is 1. The molecule has 0 spiro atoms. The molecule has 1 rings (SSSR count). The summed E-state index contributed by atoms with van der Waals surface area (Å²) in [5.74, 6) is 0.372. The summed E-state index contributed by atoms with van der Waals surface area (Å²) in [4.78, 5) is 23.2. The third-order valence-electron chi connectivity index (χ3n) is 1.64. The van der Waals surface area contributed by atoms with Crippen molar-refractivity contribution in [3.05, 3.63) is 22.5 Å². The summed E-state index contributed by atoms with van der Waals surface area (Å²) in [5, 5.41) is 6.01. The van der Waals surface area contributed by atoms with E-state index < -0.39 is 0 Å². The first-order valence-corrected chi connectivity index (χ1v) is 3.99. The Balaban J connectivity index is 2.99. The number of nitrogens with one attached hydrogen (secondary N) is 1. The van der Waals surface area contributed by atoms with Crippen molar-refractivity contribution in [3.63, 3.8) is 0 Å². The van der Waals surface area contributed by atoms with Crippen molar-refractivity contribution >= 4 is 11.7 Å². The van der Waals surface area contributed by atoms with E-state index in [9.17, 15) is 9.59 Å². The largest absolute Gasteiger partial charge is 0.296 e. The van der Waals surface area contributed by atoms with Crippen molar-refractivity contribution in [2.24, 2.45) is 0 Å². The molecule has 13 heavy (non-hydrogen) atoms. The highest BCUT2D eigenvalue weighted by atomic mass is 16.2. The Labute approximate surface area is 75.4 Å². The van der Waals surface area contributed by atoms with Gasteiger partial charge in [0.25, 0.3) is 5.56 Å². The van der Waals surface area contributed by atoms with Crippen LogP contribution in [0.5, 0.6) is 0 Å². The first-order chi connectivity index (χ1) is 6.15. The van der Waals surface area contributed by atoms with Crippen LogP contribution in [0.2, 0.25) is 0 Å². The van der Waals surface area contributed by atoms with E-state index in [2.05, 4.69) is 10.2 Å². The van der Waals surface area contributed by atoms with Gasteiger partial charge in [-0.1, -0.05) is 0 Å². The number of nitrogens with zero attached hydrogens (tertiary/aromatic N) is 2. The van der Waals surface area contributed by atoms with Crippen LogP contribution in [0.25, 0.3) is 0 Å². The van der Waals surface area contributed by atoms with Crippen LogP contribution < -0.4 is 10.5 Å². The molecular formula is C8H11N3O2. The van der Waals surface area contributed by atoms with Crippen molar-refractivity contribution in [1.29, 1.82) is 0 Å². The van der Waals surface area contributed by atoms with Crippen LogP contribution in [0, 0.1) is 0 Å². The van der Waals surface area contributed by atoms with E-state index in [0.29, 0.717) is 12.4 Å². The molecule has 1 N–H and O–H groups in total. The molecule has 0 unspecified atom stereocenters. The number of amides is 1. The van der Waals surface area contributed by atoms with Gasteiger partial charge in [0.1, 0.15) is 0 Å². The van der Waals surface area contributed by atoms with E-state index in [1.807, 2.05) is 6.92 Å². The van der Waals surface area contributed by atoms with E-state index in [0.717, 1.165) is 0 Å². The number of carbonyl (C=O) groups excluding carboxylic acids is 1. The van der Waals surface area contributed by atoms with E-state index in [1.165, 1.54) is 24.0 Å². The fraction of sp³-hybridized carbons (Fsp3) is 0.375. The van der Waals surface area contributed by atoms with Gasteiger partial charge in [0.15, 0.2) is 5.82 Å². The second kappa shape index (κ2) is 3.84. The normalized spacial score (nSPS) is 9.69. The zero-order valence-electron chi connectivity index (χ0n) is 7.57. The Morgan fingerprint density at radius 1 is 1.62 bits per heavy atom. The summed E-state index contributed by atoms with van der Waals surface area (Å²) in [6, 6.07) is 2.86. The third-order valence-corrected chi connectivity index (χ3v) is 1.64. The SMILES string of the molecule is CCN(C(C)=O)c1ccc(=O)[nH]n1. The lowest BCUT2D eigenvalue weighted by Crippen LogP contribution is -2.29. The molecule has 0 bridgehead atoms. The monoisotopic (exact) mass is 181 g/mol. The van der Waals surface area contributed by atoms with Gasteiger partial charge in [0.05, 0.1) is 0 Å². The number of hydrogen-bond acceptors (Lipinski definition) is 3. The second-order valence-corrected chi connectivity index (χ2v) is 2.54. The summed E-state index contributed by atoms with van der Waals surface area (Å²) in [6.07, 6.45) is 0. The van der Waals surface area contributed by atoms with Crippen LogP contribution in [0.4, 0.5) is 5.82 Å². The molecule has 70 valence electrons. The van der Waals surface area contributed by atoms with E-state index in [1.54, 1.807) is 0 Å². The minimum Gasteiger partial charge on any atom is -0.296 e. The van der Waals surface area contributed by atoms with Gasteiger partial charge in [-0.05, 0) is 13.0 Å². The van der Waals surface area contributed by atoms with Crippen LogP contribution in [0.15, 0.2) is 16.9 Å². The van der Waals surface area contributed by atoms with Crippen LogP contribution in [-0.2, 0) is 4.79 Å². The maximum absolute atomic E-state index is 11.1. The van der Waals surface area contributed by atoms with Crippen LogP contribution in [0.3, 0.4) is 0 Å². The number of aromatic amines is 1. The molecule has 1 aromatic rings. The maximum atomic E-state index is 11.1. The third kappa shape index (κ3) is 2.14. The van der Waals surface area contributed by atoms with Gasteiger partial charge in [0.2, 0.25) is 5.91 Å². The number of aromatic nitrogens is 2. The highest BCUT2D eigenvalue weighted by Gasteiger charge is 2.09. The van der Waals surface area contributed by atoms with Gasteiger partial charge in [-0.25, -0.2) is 5.10 Å². The minimum atomic E-state index is -0.275.